The van der Waals surface area contributed by atoms with Crippen LogP contribution in [0.2, 0.25) is 0 Å². The van der Waals surface area contributed by atoms with Crippen molar-refractivity contribution in [1.82, 2.24) is 0 Å². The highest BCUT2D eigenvalue weighted by Crippen LogP contribution is 2.25. The molecule has 1 aromatic heterocycles. The molecule has 1 rings (SSSR count). The molecule has 0 amide bonds. The molecule has 0 aliphatic heterocycles. The van der Waals surface area contributed by atoms with Gasteiger partial charge in [-0.25, -0.2) is 0 Å². The Labute approximate surface area is 74.3 Å². The molecule has 4 heteroatoms. The highest BCUT2D eigenvalue weighted by molar-refractivity contribution is 7.10. The number of aliphatic carboxylic acids is 1. The fourth-order valence-corrected chi connectivity index (χ4v) is 1.90. The van der Waals surface area contributed by atoms with E-state index >= 15 is 0 Å². The normalized spacial score (nSPS) is 12.8. The second-order valence-electron chi connectivity index (χ2n) is 2.58. The fraction of sp³-hybridized carbons (Fsp3) is 0.375. The third-order valence-electron chi connectivity index (χ3n) is 1.57. The van der Waals surface area contributed by atoms with Crippen LogP contribution in [0.1, 0.15) is 23.0 Å². The first-order valence-corrected chi connectivity index (χ1v) is 4.43. The van der Waals surface area contributed by atoms with Crippen molar-refractivity contribution in [2.45, 2.75) is 19.4 Å². The average molecular weight is 186 g/mol. The molecule has 1 heterocycles. The summed E-state index contributed by atoms with van der Waals surface area (Å²) >= 11 is 1.39. The maximum Gasteiger partial charge on any atom is 0.306 e. The first kappa shape index (κ1) is 9.22. The van der Waals surface area contributed by atoms with Crippen LogP contribution in [-0.2, 0) is 4.79 Å². The van der Waals surface area contributed by atoms with Gasteiger partial charge in [-0.3, -0.25) is 4.79 Å². The molecule has 0 aromatic carbocycles. The molecule has 0 bridgehead atoms. The molecule has 1 aromatic rings. The van der Waals surface area contributed by atoms with Crippen molar-refractivity contribution in [1.29, 1.82) is 0 Å². The molecule has 0 fully saturated rings. The molecule has 0 saturated heterocycles. The van der Waals surface area contributed by atoms with Crippen molar-refractivity contribution in [2.24, 2.45) is 0 Å². The summed E-state index contributed by atoms with van der Waals surface area (Å²) in [4.78, 5) is 11.0. The van der Waals surface area contributed by atoms with E-state index in [2.05, 4.69) is 0 Å². The van der Waals surface area contributed by atoms with E-state index in [1.807, 2.05) is 18.4 Å². The van der Waals surface area contributed by atoms with E-state index in [0.29, 0.717) is 0 Å². The first-order chi connectivity index (χ1) is 5.61. The number of carboxylic acids is 1. The van der Waals surface area contributed by atoms with Gasteiger partial charge in [0.05, 0.1) is 12.5 Å². The number of thiophene rings is 1. The van der Waals surface area contributed by atoms with Gasteiger partial charge in [-0.1, -0.05) is 0 Å². The lowest BCUT2D eigenvalue weighted by atomic mass is 10.1. The molecule has 2 N–H and O–H groups in total. The largest absolute Gasteiger partial charge is 0.481 e. The summed E-state index contributed by atoms with van der Waals surface area (Å²) in [7, 11) is 0. The van der Waals surface area contributed by atoms with Crippen LogP contribution in [0.4, 0.5) is 0 Å². The van der Waals surface area contributed by atoms with E-state index in [-0.39, 0.29) is 6.42 Å². The lowest BCUT2D eigenvalue weighted by Gasteiger charge is -2.05. The molecule has 1 unspecified atom stereocenters. The molecule has 0 aliphatic carbocycles. The van der Waals surface area contributed by atoms with Crippen molar-refractivity contribution in [3.8, 4) is 0 Å². The summed E-state index contributed by atoms with van der Waals surface area (Å²) in [5.41, 5.74) is 0.953. The van der Waals surface area contributed by atoms with Gasteiger partial charge in [0.25, 0.3) is 0 Å². The second kappa shape index (κ2) is 3.69. The first-order valence-electron chi connectivity index (χ1n) is 3.55. The van der Waals surface area contributed by atoms with Crippen LogP contribution in [0.5, 0.6) is 0 Å². The lowest BCUT2D eigenvalue weighted by Crippen LogP contribution is -2.04. The summed E-state index contributed by atoms with van der Waals surface area (Å²) in [6, 6.07) is 1.87. The molecule has 0 saturated carbocycles. The maximum atomic E-state index is 10.3. The zero-order valence-electron chi connectivity index (χ0n) is 6.65. The highest BCUT2D eigenvalue weighted by atomic mass is 32.1. The predicted molar refractivity (Wildman–Crippen MR) is 46.3 cm³/mol. The number of hydrogen-bond donors (Lipinski definition) is 2. The summed E-state index contributed by atoms with van der Waals surface area (Å²) in [6.07, 6.45) is -1.08. The van der Waals surface area contributed by atoms with E-state index in [1.54, 1.807) is 0 Å². The predicted octanol–water partition coefficient (Wildman–Crippen LogP) is 1.56. The van der Waals surface area contributed by atoms with Gasteiger partial charge >= 0.3 is 5.97 Å². The van der Waals surface area contributed by atoms with Gasteiger partial charge in [0.2, 0.25) is 0 Å². The Morgan fingerprint density at radius 2 is 2.42 bits per heavy atom. The van der Waals surface area contributed by atoms with Crippen LogP contribution in [0.15, 0.2) is 11.4 Å². The van der Waals surface area contributed by atoms with Gasteiger partial charge in [-0.2, -0.15) is 0 Å². The summed E-state index contributed by atoms with van der Waals surface area (Å²) in [5.74, 6) is -0.977. The highest BCUT2D eigenvalue weighted by Gasteiger charge is 2.14. The zero-order valence-corrected chi connectivity index (χ0v) is 7.47. The van der Waals surface area contributed by atoms with E-state index in [9.17, 15) is 9.90 Å². The van der Waals surface area contributed by atoms with Crippen molar-refractivity contribution >= 4 is 17.3 Å². The fourth-order valence-electron chi connectivity index (χ4n) is 0.984. The second-order valence-corrected chi connectivity index (χ2v) is 3.53. The molecule has 0 radical (unpaired) electrons. The van der Waals surface area contributed by atoms with Crippen molar-refractivity contribution in [3.63, 3.8) is 0 Å². The Morgan fingerprint density at radius 1 is 1.75 bits per heavy atom. The average Bonchev–Trinajstić information content (AvgIpc) is 2.33. The van der Waals surface area contributed by atoms with E-state index in [1.165, 1.54) is 11.3 Å². The number of hydrogen-bond acceptors (Lipinski definition) is 3. The number of rotatable bonds is 3. The van der Waals surface area contributed by atoms with Crippen molar-refractivity contribution in [2.75, 3.05) is 0 Å². The minimum atomic E-state index is -0.977. The standard InChI is InChI=1S/C8H10O3S/c1-5-2-3-12-8(5)6(9)4-7(10)11/h2-3,6,9H,4H2,1H3,(H,10,11). The van der Waals surface area contributed by atoms with Crippen LogP contribution in [0.3, 0.4) is 0 Å². The third kappa shape index (κ3) is 2.06. The van der Waals surface area contributed by atoms with E-state index < -0.39 is 12.1 Å². The van der Waals surface area contributed by atoms with Gasteiger partial charge in [-0.05, 0) is 23.9 Å². The van der Waals surface area contributed by atoms with E-state index in [4.69, 9.17) is 5.11 Å². The Morgan fingerprint density at radius 3 is 2.83 bits per heavy atom. The molecule has 12 heavy (non-hydrogen) atoms. The Bertz CT molecular complexity index is 280. The van der Waals surface area contributed by atoms with Gasteiger partial charge in [0.1, 0.15) is 0 Å². The minimum Gasteiger partial charge on any atom is -0.481 e. The molecular weight excluding hydrogens is 176 g/mol. The molecule has 1 atom stereocenters. The van der Waals surface area contributed by atoms with Crippen molar-refractivity contribution in [3.05, 3.63) is 21.9 Å². The van der Waals surface area contributed by atoms with E-state index in [0.717, 1.165) is 10.4 Å². The lowest BCUT2D eigenvalue weighted by molar-refractivity contribution is -0.139. The third-order valence-corrected chi connectivity index (χ3v) is 2.69. The number of aliphatic hydroxyl groups excluding tert-OH is 1. The number of carboxylic acid groups (broad SMARTS) is 1. The van der Waals surface area contributed by atoms with Gasteiger partial charge in [-0.15, -0.1) is 11.3 Å². The molecule has 3 nitrogen and oxygen atoms in total. The summed E-state index contributed by atoms with van der Waals surface area (Å²) < 4.78 is 0. The van der Waals surface area contributed by atoms with Gasteiger partial charge in [0, 0.05) is 4.88 Å². The molecule has 66 valence electrons. The Balaban J connectivity index is 2.71. The van der Waals surface area contributed by atoms with Crippen LogP contribution >= 0.6 is 11.3 Å². The monoisotopic (exact) mass is 186 g/mol. The SMILES string of the molecule is Cc1ccsc1C(O)CC(=O)O. The zero-order chi connectivity index (χ0) is 9.14. The maximum absolute atomic E-state index is 10.3. The number of carbonyl (C=O) groups is 1. The number of aryl methyl sites for hydroxylation is 1. The van der Waals surface area contributed by atoms with Crippen LogP contribution in [0.25, 0.3) is 0 Å². The Hall–Kier alpha value is -0.870. The quantitative estimate of drug-likeness (QED) is 0.753. The molecule has 0 spiro atoms. The Kier molecular flexibility index (Phi) is 2.83. The van der Waals surface area contributed by atoms with Gasteiger partial charge in [0.15, 0.2) is 0 Å². The topological polar surface area (TPSA) is 57.5 Å². The number of aliphatic hydroxyl groups is 1. The van der Waals surface area contributed by atoms with Crippen LogP contribution in [0, 0.1) is 6.92 Å². The van der Waals surface area contributed by atoms with Crippen LogP contribution < -0.4 is 0 Å². The van der Waals surface area contributed by atoms with Gasteiger partial charge < -0.3 is 10.2 Å². The summed E-state index contributed by atoms with van der Waals surface area (Å²) in [5, 5.41) is 19.7. The summed E-state index contributed by atoms with van der Waals surface area (Å²) in [6.45, 7) is 1.86. The smallest absolute Gasteiger partial charge is 0.306 e. The molecule has 0 aliphatic rings. The van der Waals surface area contributed by atoms with Crippen LogP contribution in [-0.4, -0.2) is 16.2 Å². The minimum absolute atomic E-state index is 0.221. The molecular formula is C8H10O3S. The van der Waals surface area contributed by atoms with Crippen molar-refractivity contribution < 1.29 is 15.0 Å².